The van der Waals surface area contributed by atoms with Gasteiger partial charge in [0, 0.05) is 23.3 Å². The van der Waals surface area contributed by atoms with Crippen LogP contribution in [0.3, 0.4) is 0 Å². The highest BCUT2D eigenvalue weighted by molar-refractivity contribution is 5.92. The summed E-state index contributed by atoms with van der Waals surface area (Å²) in [6.07, 6.45) is 4.90. The van der Waals surface area contributed by atoms with Gasteiger partial charge in [0.15, 0.2) is 0 Å². The van der Waals surface area contributed by atoms with Crippen molar-refractivity contribution in [3.8, 4) is 11.3 Å². The second-order valence-electron chi connectivity index (χ2n) is 3.57. The average Bonchev–Trinajstić information content (AvgIpc) is 2.39. The zero-order chi connectivity index (χ0) is 11.7. The highest BCUT2D eigenvalue weighted by Crippen LogP contribution is 2.25. The standard InChI is InChI=1S/C12H9N5/c13-12-16-10-4-2-1-3-9(10)11(17-12)8-5-14-7-15-6-8/h1-7H,(H2,13,16,17). The molecule has 0 aliphatic carbocycles. The lowest BCUT2D eigenvalue weighted by Crippen LogP contribution is -1.98. The molecule has 0 saturated heterocycles. The number of benzene rings is 1. The van der Waals surface area contributed by atoms with Gasteiger partial charge >= 0.3 is 0 Å². The molecule has 5 nitrogen and oxygen atoms in total. The summed E-state index contributed by atoms with van der Waals surface area (Å²) in [5.74, 6) is 0.252. The van der Waals surface area contributed by atoms with Crippen LogP contribution in [0.15, 0.2) is 43.0 Å². The van der Waals surface area contributed by atoms with Crippen molar-refractivity contribution in [1.29, 1.82) is 0 Å². The quantitative estimate of drug-likeness (QED) is 0.679. The van der Waals surface area contributed by atoms with Crippen molar-refractivity contribution in [2.75, 3.05) is 5.73 Å². The molecule has 0 amide bonds. The van der Waals surface area contributed by atoms with Crippen LogP contribution in [0, 0.1) is 0 Å². The van der Waals surface area contributed by atoms with Crippen molar-refractivity contribution >= 4 is 16.9 Å². The Balaban J connectivity index is 2.36. The molecule has 2 aromatic heterocycles. The summed E-state index contributed by atoms with van der Waals surface area (Å²) < 4.78 is 0. The molecule has 2 heterocycles. The first kappa shape index (κ1) is 9.65. The summed E-state index contributed by atoms with van der Waals surface area (Å²) in [4.78, 5) is 16.4. The van der Waals surface area contributed by atoms with Crippen LogP contribution in [0.25, 0.3) is 22.2 Å². The molecular weight excluding hydrogens is 214 g/mol. The van der Waals surface area contributed by atoms with Crippen LogP contribution >= 0.6 is 0 Å². The van der Waals surface area contributed by atoms with Crippen molar-refractivity contribution in [3.63, 3.8) is 0 Å². The van der Waals surface area contributed by atoms with E-state index in [0.29, 0.717) is 0 Å². The van der Waals surface area contributed by atoms with Crippen molar-refractivity contribution in [1.82, 2.24) is 19.9 Å². The maximum Gasteiger partial charge on any atom is 0.221 e. The van der Waals surface area contributed by atoms with E-state index in [-0.39, 0.29) is 5.95 Å². The zero-order valence-electron chi connectivity index (χ0n) is 8.91. The third kappa shape index (κ3) is 1.67. The Morgan fingerprint density at radius 2 is 1.71 bits per heavy atom. The molecule has 3 aromatic rings. The molecule has 0 aliphatic rings. The average molecular weight is 223 g/mol. The van der Waals surface area contributed by atoms with Crippen LogP contribution in [-0.4, -0.2) is 19.9 Å². The van der Waals surface area contributed by atoms with Gasteiger partial charge in [-0.3, -0.25) is 0 Å². The van der Waals surface area contributed by atoms with Crippen LogP contribution in [0.4, 0.5) is 5.95 Å². The van der Waals surface area contributed by atoms with E-state index in [9.17, 15) is 0 Å². The van der Waals surface area contributed by atoms with E-state index in [2.05, 4.69) is 19.9 Å². The predicted molar refractivity (Wildman–Crippen MR) is 65.0 cm³/mol. The van der Waals surface area contributed by atoms with E-state index in [1.54, 1.807) is 12.4 Å². The molecule has 0 spiro atoms. The first-order valence-corrected chi connectivity index (χ1v) is 5.12. The van der Waals surface area contributed by atoms with Gasteiger partial charge in [0.05, 0.1) is 11.2 Å². The first-order chi connectivity index (χ1) is 8.34. The number of nitrogens with zero attached hydrogens (tertiary/aromatic N) is 4. The molecule has 0 fully saturated rings. The number of rotatable bonds is 1. The number of nitrogens with two attached hydrogens (primary N) is 1. The molecule has 82 valence electrons. The number of fused-ring (bicyclic) bond motifs is 1. The van der Waals surface area contributed by atoms with E-state index < -0.39 is 0 Å². The molecule has 3 rings (SSSR count). The van der Waals surface area contributed by atoms with Crippen molar-refractivity contribution in [2.45, 2.75) is 0 Å². The van der Waals surface area contributed by atoms with Crippen LogP contribution < -0.4 is 5.73 Å². The smallest absolute Gasteiger partial charge is 0.221 e. The minimum absolute atomic E-state index is 0.252. The number of nitrogen functional groups attached to an aromatic ring is 1. The van der Waals surface area contributed by atoms with E-state index in [1.807, 2.05) is 24.3 Å². The second kappa shape index (κ2) is 3.79. The molecule has 17 heavy (non-hydrogen) atoms. The fourth-order valence-electron chi connectivity index (χ4n) is 1.74. The van der Waals surface area contributed by atoms with Crippen LogP contribution in [0.1, 0.15) is 0 Å². The summed E-state index contributed by atoms with van der Waals surface area (Å²) in [6.45, 7) is 0. The number of aromatic nitrogens is 4. The monoisotopic (exact) mass is 223 g/mol. The van der Waals surface area contributed by atoms with Gasteiger partial charge in [0.2, 0.25) is 5.95 Å². The Labute approximate surface area is 97.4 Å². The largest absolute Gasteiger partial charge is 0.368 e. The minimum Gasteiger partial charge on any atom is -0.368 e. The number of anilines is 1. The number of hydrogen-bond acceptors (Lipinski definition) is 5. The van der Waals surface area contributed by atoms with Gasteiger partial charge in [-0.2, -0.15) is 0 Å². The Morgan fingerprint density at radius 3 is 2.53 bits per heavy atom. The molecular formula is C12H9N5. The summed E-state index contributed by atoms with van der Waals surface area (Å²) >= 11 is 0. The van der Waals surface area contributed by atoms with Gasteiger partial charge in [-0.1, -0.05) is 18.2 Å². The van der Waals surface area contributed by atoms with E-state index >= 15 is 0 Å². The predicted octanol–water partition coefficient (Wildman–Crippen LogP) is 1.67. The van der Waals surface area contributed by atoms with E-state index in [1.165, 1.54) is 6.33 Å². The summed E-state index contributed by atoms with van der Waals surface area (Å²) in [6, 6.07) is 7.72. The topological polar surface area (TPSA) is 77.6 Å². The molecule has 5 heteroatoms. The Morgan fingerprint density at radius 1 is 0.941 bits per heavy atom. The van der Waals surface area contributed by atoms with Gasteiger partial charge in [0.25, 0.3) is 0 Å². The van der Waals surface area contributed by atoms with Crippen molar-refractivity contribution < 1.29 is 0 Å². The van der Waals surface area contributed by atoms with Crippen LogP contribution in [0.5, 0.6) is 0 Å². The molecule has 0 atom stereocenters. The lowest BCUT2D eigenvalue weighted by Gasteiger charge is -2.05. The molecule has 0 unspecified atom stereocenters. The molecule has 0 bridgehead atoms. The third-order valence-electron chi connectivity index (χ3n) is 2.45. The van der Waals surface area contributed by atoms with Crippen LogP contribution in [-0.2, 0) is 0 Å². The van der Waals surface area contributed by atoms with Gasteiger partial charge in [0.1, 0.15) is 6.33 Å². The fourth-order valence-corrected chi connectivity index (χ4v) is 1.74. The second-order valence-corrected chi connectivity index (χ2v) is 3.57. The first-order valence-electron chi connectivity index (χ1n) is 5.12. The summed E-state index contributed by atoms with van der Waals surface area (Å²) in [5.41, 5.74) is 8.11. The summed E-state index contributed by atoms with van der Waals surface area (Å²) in [5, 5.41) is 0.941. The molecule has 1 aromatic carbocycles. The fraction of sp³-hybridized carbons (Fsp3) is 0. The van der Waals surface area contributed by atoms with Gasteiger partial charge in [-0.05, 0) is 6.07 Å². The molecule has 0 saturated carbocycles. The molecule has 2 N–H and O–H groups in total. The zero-order valence-corrected chi connectivity index (χ0v) is 8.91. The normalized spacial score (nSPS) is 10.6. The highest BCUT2D eigenvalue weighted by Gasteiger charge is 2.07. The highest BCUT2D eigenvalue weighted by atomic mass is 15.0. The molecule has 0 radical (unpaired) electrons. The maximum absolute atomic E-state index is 5.70. The SMILES string of the molecule is Nc1nc(-c2cncnc2)c2ccccc2n1. The van der Waals surface area contributed by atoms with Crippen molar-refractivity contribution in [3.05, 3.63) is 43.0 Å². The third-order valence-corrected chi connectivity index (χ3v) is 2.45. The van der Waals surface area contributed by atoms with Crippen LogP contribution in [0.2, 0.25) is 0 Å². The Kier molecular flexibility index (Phi) is 2.15. The Bertz CT molecular complexity index is 666. The van der Waals surface area contributed by atoms with Gasteiger partial charge in [-0.25, -0.2) is 19.9 Å². The van der Waals surface area contributed by atoms with Gasteiger partial charge < -0.3 is 5.73 Å². The summed E-state index contributed by atoms with van der Waals surface area (Å²) in [7, 11) is 0. The number of para-hydroxylation sites is 1. The van der Waals surface area contributed by atoms with E-state index in [0.717, 1.165) is 22.2 Å². The minimum atomic E-state index is 0.252. The lowest BCUT2D eigenvalue weighted by molar-refractivity contribution is 1.15. The number of hydrogen-bond donors (Lipinski definition) is 1. The van der Waals surface area contributed by atoms with Gasteiger partial charge in [-0.15, -0.1) is 0 Å². The maximum atomic E-state index is 5.70. The van der Waals surface area contributed by atoms with Crippen molar-refractivity contribution in [2.24, 2.45) is 0 Å². The molecule has 0 aliphatic heterocycles. The lowest BCUT2D eigenvalue weighted by atomic mass is 10.1. The Hall–Kier alpha value is -2.56. The van der Waals surface area contributed by atoms with E-state index in [4.69, 9.17) is 5.73 Å².